The van der Waals surface area contributed by atoms with Gasteiger partial charge in [0, 0.05) is 0 Å². The number of furan rings is 1. The maximum atomic E-state index is 13.0. The van der Waals surface area contributed by atoms with Crippen molar-refractivity contribution in [3.05, 3.63) is 65.4 Å². The molecule has 2 N–H and O–H groups in total. The van der Waals surface area contributed by atoms with Gasteiger partial charge in [0.15, 0.2) is 17.2 Å². The zero-order valence-electron chi connectivity index (χ0n) is 18.8. The molecule has 3 aromatic rings. The van der Waals surface area contributed by atoms with Gasteiger partial charge in [-0.1, -0.05) is 19.9 Å². The summed E-state index contributed by atoms with van der Waals surface area (Å²) in [5, 5.41) is 4.01. The lowest BCUT2D eigenvalue weighted by molar-refractivity contribution is -0.137. The van der Waals surface area contributed by atoms with Gasteiger partial charge in [-0.05, 0) is 43.4 Å². The molecular weight excluding hydrogens is 455 g/mol. The van der Waals surface area contributed by atoms with Gasteiger partial charge >= 0.3 is 12.1 Å². The summed E-state index contributed by atoms with van der Waals surface area (Å²) < 4.78 is 50.7. The number of carbonyl (C=O) groups excluding carboxylic acids is 2. The smallest absolute Gasteiger partial charge is 0.416 e. The number of hydrazine groups is 1. The molecule has 2 amide bonds. The number of ether oxygens (including phenoxy) is 1. The fourth-order valence-electron chi connectivity index (χ4n) is 3.11. The Bertz CT molecular complexity index is 1150. The Labute approximate surface area is 193 Å². The first kappa shape index (κ1) is 24.8. The lowest BCUT2D eigenvalue weighted by atomic mass is 10.2. The van der Waals surface area contributed by atoms with Crippen LogP contribution in [0.15, 0.2) is 47.0 Å². The highest BCUT2D eigenvalue weighted by Gasteiger charge is 2.31. The third-order valence-electron chi connectivity index (χ3n) is 5.00. The van der Waals surface area contributed by atoms with Crippen LogP contribution in [-0.2, 0) is 12.7 Å². The minimum absolute atomic E-state index is 0.00340. The van der Waals surface area contributed by atoms with Crippen LogP contribution in [0, 0.1) is 0 Å². The molecule has 9 nitrogen and oxygen atoms in total. The van der Waals surface area contributed by atoms with Gasteiger partial charge in [-0.3, -0.25) is 25.3 Å². The summed E-state index contributed by atoms with van der Waals surface area (Å²) in [4.78, 5) is 27.0. The minimum atomic E-state index is -4.53. The summed E-state index contributed by atoms with van der Waals surface area (Å²) in [5.74, 6) is -0.907. The van der Waals surface area contributed by atoms with E-state index in [-0.39, 0.29) is 22.9 Å². The Morgan fingerprint density at radius 3 is 2.47 bits per heavy atom. The molecule has 0 fully saturated rings. The molecule has 0 aliphatic rings. The van der Waals surface area contributed by atoms with E-state index in [4.69, 9.17) is 9.15 Å². The number of hydrogen-bond acceptors (Lipinski definition) is 6. The first-order valence-electron chi connectivity index (χ1n) is 10.4. The van der Waals surface area contributed by atoms with Gasteiger partial charge in [0.1, 0.15) is 5.76 Å². The highest BCUT2D eigenvalue weighted by Crippen LogP contribution is 2.30. The topological polar surface area (TPSA) is 102 Å². The predicted molar refractivity (Wildman–Crippen MR) is 115 cm³/mol. The number of halogens is 3. The predicted octanol–water partition coefficient (Wildman–Crippen LogP) is 3.41. The molecule has 0 bridgehead atoms. The number of nitrogens with zero attached hydrogens (tertiary/aromatic N) is 3. The van der Waals surface area contributed by atoms with Gasteiger partial charge in [-0.15, -0.1) is 0 Å². The standard InChI is InChI=1S/C22H24F3N5O4/c1-4-29(5-2)12-16-9-10-17(34-16)20(31)26-27-21(32)19-18(33-3)13-30(28-19)15-8-6-7-14(11-15)22(23,24)25/h6-11,13H,4-5,12H2,1-3H3,(H,26,31)(H,27,32). The van der Waals surface area contributed by atoms with E-state index >= 15 is 0 Å². The van der Waals surface area contributed by atoms with Crippen molar-refractivity contribution in [1.29, 1.82) is 0 Å². The third kappa shape index (κ3) is 5.76. The zero-order chi connectivity index (χ0) is 24.9. The molecule has 1 aromatic carbocycles. The average molecular weight is 479 g/mol. The lowest BCUT2D eigenvalue weighted by Crippen LogP contribution is -2.41. The molecule has 12 heteroatoms. The van der Waals surface area contributed by atoms with Crippen LogP contribution in [0.2, 0.25) is 0 Å². The second-order valence-electron chi connectivity index (χ2n) is 7.17. The molecule has 0 saturated heterocycles. The lowest BCUT2D eigenvalue weighted by Gasteiger charge is -2.15. The van der Waals surface area contributed by atoms with Gasteiger partial charge in [0.2, 0.25) is 0 Å². The van der Waals surface area contributed by atoms with Crippen LogP contribution in [0.5, 0.6) is 5.75 Å². The van der Waals surface area contributed by atoms with Gasteiger partial charge in [-0.25, -0.2) is 4.68 Å². The first-order chi connectivity index (χ1) is 16.2. The summed E-state index contributed by atoms with van der Waals surface area (Å²) in [7, 11) is 1.28. The fourth-order valence-corrected chi connectivity index (χ4v) is 3.11. The summed E-state index contributed by atoms with van der Waals surface area (Å²) in [6.45, 7) is 6.21. The maximum Gasteiger partial charge on any atom is 0.416 e. The Kier molecular flexibility index (Phi) is 7.61. The molecular formula is C22H24F3N5O4. The highest BCUT2D eigenvalue weighted by atomic mass is 19.4. The second kappa shape index (κ2) is 10.4. The van der Waals surface area contributed by atoms with Crippen molar-refractivity contribution in [3.63, 3.8) is 0 Å². The quantitative estimate of drug-likeness (QED) is 0.480. The molecule has 2 heterocycles. The van der Waals surface area contributed by atoms with E-state index in [9.17, 15) is 22.8 Å². The largest absolute Gasteiger partial charge is 0.493 e. The molecule has 3 rings (SSSR count). The van der Waals surface area contributed by atoms with Gasteiger partial charge in [0.25, 0.3) is 5.91 Å². The zero-order valence-corrected chi connectivity index (χ0v) is 18.8. The Balaban J connectivity index is 1.69. The van der Waals surface area contributed by atoms with Crippen LogP contribution < -0.4 is 15.6 Å². The second-order valence-corrected chi connectivity index (χ2v) is 7.17. The van der Waals surface area contributed by atoms with Gasteiger partial charge in [-0.2, -0.15) is 18.3 Å². The van der Waals surface area contributed by atoms with Crippen LogP contribution >= 0.6 is 0 Å². The molecule has 182 valence electrons. The van der Waals surface area contributed by atoms with E-state index in [1.807, 2.05) is 13.8 Å². The van der Waals surface area contributed by atoms with Crippen LogP contribution in [-0.4, -0.2) is 46.7 Å². The van der Waals surface area contributed by atoms with E-state index < -0.39 is 23.6 Å². The minimum Gasteiger partial charge on any atom is -0.493 e. The van der Waals surface area contributed by atoms with Crippen molar-refractivity contribution in [2.24, 2.45) is 0 Å². The number of aromatic nitrogens is 2. The first-order valence-corrected chi connectivity index (χ1v) is 10.4. The number of hydrogen-bond donors (Lipinski definition) is 2. The molecule has 34 heavy (non-hydrogen) atoms. The Morgan fingerprint density at radius 2 is 1.82 bits per heavy atom. The summed E-state index contributed by atoms with van der Waals surface area (Å²) in [6, 6.07) is 7.61. The monoisotopic (exact) mass is 479 g/mol. The summed E-state index contributed by atoms with van der Waals surface area (Å²) in [6.07, 6.45) is -3.27. The van der Waals surface area contributed by atoms with Crippen LogP contribution in [0.25, 0.3) is 5.69 Å². The Morgan fingerprint density at radius 1 is 1.12 bits per heavy atom. The van der Waals surface area contributed by atoms with Crippen molar-refractivity contribution in [3.8, 4) is 11.4 Å². The van der Waals surface area contributed by atoms with Gasteiger partial charge in [0.05, 0.1) is 31.1 Å². The molecule has 0 atom stereocenters. The molecule has 0 radical (unpaired) electrons. The van der Waals surface area contributed by atoms with Crippen LogP contribution in [0.3, 0.4) is 0 Å². The molecule has 0 spiro atoms. The van der Waals surface area contributed by atoms with Crippen molar-refractivity contribution in [2.45, 2.75) is 26.6 Å². The molecule has 0 aliphatic heterocycles. The van der Waals surface area contributed by atoms with Crippen molar-refractivity contribution in [1.82, 2.24) is 25.5 Å². The van der Waals surface area contributed by atoms with E-state index in [0.29, 0.717) is 12.3 Å². The summed E-state index contributed by atoms with van der Waals surface area (Å²) >= 11 is 0. The highest BCUT2D eigenvalue weighted by molar-refractivity contribution is 5.98. The summed E-state index contributed by atoms with van der Waals surface area (Å²) in [5.41, 5.74) is 3.40. The van der Waals surface area contributed by atoms with Crippen molar-refractivity contribution >= 4 is 11.8 Å². The molecule has 0 saturated carbocycles. The molecule has 0 aliphatic carbocycles. The van der Waals surface area contributed by atoms with Crippen LogP contribution in [0.4, 0.5) is 13.2 Å². The number of nitrogens with one attached hydrogen (secondary N) is 2. The van der Waals surface area contributed by atoms with Gasteiger partial charge < -0.3 is 9.15 Å². The van der Waals surface area contributed by atoms with E-state index in [1.54, 1.807) is 6.07 Å². The molecule has 0 unspecified atom stereocenters. The number of alkyl halides is 3. The number of methoxy groups -OCH3 is 1. The number of carbonyl (C=O) groups is 2. The van der Waals surface area contributed by atoms with E-state index in [2.05, 4.69) is 20.9 Å². The van der Waals surface area contributed by atoms with E-state index in [0.717, 1.165) is 29.9 Å². The van der Waals surface area contributed by atoms with Crippen LogP contribution in [0.1, 0.15) is 46.2 Å². The third-order valence-corrected chi connectivity index (χ3v) is 5.00. The number of amides is 2. The van der Waals surface area contributed by atoms with E-state index in [1.165, 1.54) is 31.5 Å². The number of benzene rings is 1. The van der Waals surface area contributed by atoms with Crippen molar-refractivity contribution < 1.29 is 31.9 Å². The fraction of sp³-hybridized carbons (Fsp3) is 0.318. The van der Waals surface area contributed by atoms with Crippen molar-refractivity contribution in [2.75, 3.05) is 20.2 Å². The SMILES string of the molecule is CCN(CC)Cc1ccc(C(=O)NNC(=O)c2nn(-c3cccc(C(F)(F)F)c3)cc2OC)o1. The molecule has 2 aromatic heterocycles. The Hall–Kier alpha value is -3.80. The maximum absolute atomic E-state index is 13.0. The average Bonchev–Trinajstić information content (AvgIpc) is 3.47. The normalized spacial score (nSPS) is 11.5. The number of rotatable bonds is 8.